The number of carbonyl (C=O) groups is 1. The van der Waals surface area contributed by atoms with E-state index in [0.29, 0.717) is 18.8 Å². The molecule has 0 bridgehead atoms. The third-order valence-electron chi connectivity index (χ3n) is 3.10. The van der Waals surface area contributed by atoms with E-state index in [1.165, 1.54) is 11.3 Å². The molecule has 0 aliphatic heterocycles. The van der Waals surface area contributed by atoms with Crippen LogP contribution in [0.4, 0.5) is 0 Å². The third-order valence-corrected chi connectivity index (χ3v) is 3.99. The van der Waals surface area contributed by atoms with Crippen molar-refractivity contribution in [2.24, 2.45) is 0 Å². The molecule has 1 aromatic heterocycles. The van der Waals surface area contributed by atoms with Gasteiger partial charge in [-0.3, -0.25) is 4.79 Å². The van der Waals surface area contributed by atoms with Crippen LogP contribution in [0.15, 0.2) is 29.6 Å². The molecule has 0 fully saturated rings. The number of carbonyl (C=O) groups excluding carboxylic acids is 1. The summed E-state index contributed by atoms with van der Waals surface area (Å²) in [4.78, 5) is 18.2. The van der Waals surface area contributed by atoms with Gasteiger partial charge in [0.05, 0.1) is 13.7 Å². The second-order valence-electron chi connectivity index (χ2n) is 4.37. The fraction of sp³-hybridized carbons (Fsp3) is 0.333. The monoisotopic (exact) mass is 306 g/mol. The summed E-state index contributed by atoms with van der Waals surface area (Å²) in [6.45, 7) is 2.71. The van der Waals surface area contributed by atoms with Crippen LogP contribution in [0.1, 0.15) is 17.4 Å². The molecule has 1 N–H and O–H groups in total. The number of rotatable bonds is 6. The highest BCUT2D eigenvalue weighted by molar-refractivity contribution is 7.13. The number of benzene rings is 1. The highest BCUT2D eigenvalue weighted by Gasteiger charge is 2.17. The van der Waals surface area contributed by atoms with Gasteiger partial charge in [-0.25, -0.2) is 4.98 Å². The molecule has 0 radical (unpaired) electrons. The van der Waals surface area contributed by atoms with Gasteiger partial charge < -0.3 is 14.7 Å². The minimum Gasteiger partial charge on any atom is -0.497 e. The van der Waals surface area contributed by atoms with Gasteiger partial charge >= 0.3 is 0 Å². The summed E-state index contributed by atoms with van der Waals surface area (Å²) >= 11 is 1.43. The number of aliphatic hydroxyl groups excluding tert-OH is 1. The molecule has 1 heterocycles. The smallest absolute Gasteiger partial charge is 0.273 e. The van der Waals surface area contributed by atoms with Gasteiger partial charge in [-0.15, -0.1) is 11.3 Å². The molecule has 5 nitrogen and oxygen atoms in total. The summed E-state index contributed by atoms with van der Waals surface area (Å²) in [6, 6.07) is 7.55. The van der Waals surface area contributed by atoms with E-state index in [1.54, 1.807) is 17.4 Å². The Bertz CT molecular complexity index is 595. The molecule has 2 aromatic rings. The Morgan fingerprint density at radius 1 is 1.38 bits per heavy atom. The molecular weight excluding hydrogens is 288 g/mol. The maximum Gasteiger partial charge on any atom is 0.273 e. The fourth-order valence-corrected chi connectivity index (χ4v) is 2.72. The Kier molecular flexibility index (Phi) is 5.30. The number of nitrogens with zero attached hydrogens (tertiary/aromatic N) is 2. The van der Waals surface area contributed by atoms with Gasteiger partial charge in [0.1, 0.15) is 16.5 Å². The predicted molar refractivity (Wildman–Crippen MR) is 82.8 cm³/mol. The molecule has 21 heavy (non-hydrogen) atoms. The molecule has 2 rings (SSSR count). The van der Waals surface area contributed by atoms with E-state index in [9.17, 15) is 4.79 Å². The molecule has 112 valence electrons. The Morgan fingerprint density at radius 3 is 2.67 bits per heavy atom. The van der Waals surface area contributed by atoms with Gasteiger partial charge in [-0.2, -0.15) is 0 Å². The van der Waals surface area contributed by atoms with Gasteiger partial charge in [-0.05, 0) is 31.2 Å². The molecule has 1 amide bonds. The van der Waals surface area contributed by atoms with Gasteiger partial charge in [0.2, 0.25) is 0 Å². The Labute approximate surface area is 127 Å². The lowest BCUT2D eigenvalue weighted by Gasteiger charge is -2.18. The number of likely N-dealkylation sites (N-methyl/N-ethyl adjacent to an activating group) is 1. The number of amides is 1. The standard InChI is InChI=1S/C15H18N2O3S/c1-3-17(8-9-18)15(19)13-10-21-14(16-13)11-4-6-12(20-2)7-5-11/h4-7,10,18H,3,8-9H2,1-2H3. The molecule has 0 aliphatic carbocycles. The normalized spacial score (nSPS) is 10.4. The van der Waals surface area contributed by atoms with E-state index in [0.717, 1.165) is 16.3 Å². The van der Waals surface area contributed by atoms with Crippen LogP contribution in [0, 0.1) is 0 Å². The van der Waals surface area contributed by atoms with Gasteiger partial charge in [-0.1, -0.05) is 0 Å². The summed E-state index contributed by atoms with van der Waals surface area (Å²) in [6.07, 6.45) is 0. The van der Waals surface area contributed by atoms with Gasteiger partial charge in [0.25, 0.3) is 5.91 Å². The molecule has 0 atom stereocenters. The van der Waals surface area contributed by atoms with Crippen molar-refractivity contribution in [2.75, 3.05) is 26.8 Å². The van der Waals surface area contributed by atoms with Crippen LogP contribution in [0.25, 0.3) is 10.6 Å². The average Bonchev–Trinajstić information content (AvgIpc) is 3.02. The maximum absolute atomic E-state index is 12.2. The lowest BCUT2D eigenvalue weighted by Crippen LogP contribution is -2.33. The Morgan fingerprint density at radius 2 is 2.10 bits per heavy atom. The quantitative estimate of drug-likeness (QED) is 0.889. The first kappa shape index (κ1) is 15.5. The van der Waals surface area contributed by atoms with E-state index in [2.05, 4.69) is 4.98 Å². The lowest BCUT2D eigenvalue weighted by molar-refractivity contribution is 0.0727. The lowest BCUT2D eigenvalue weighted by atomic mass is 10.2. The summed E-state index contributed by atoms with van der Waals surface area (Å²) in [5, 5.41) is 11.5. The molecule has 0 saturated carbocycles. The first-order chi connectivity index (χ1) is 10.2. The highest BCUT2D eigenvalue weighted by atomic mass is 32.1. The average molecular weight is 306 g/mol. The van der Waals surface area contributed by atoms with Crippen LogP contribution in [-0.4, -0.2) is 47.7 Å². The Hall–Kier alpha value is -1.92. The maximum atomic E-state index is 12.2. The summed E-state index contributed by atoms with van der Waals surface area (Å²) in [5.41, 5.74) is 1.37. The first-order valence-electron chi connectivity index (χ1n) is 6.69. The zero-order valence-electron chi connectivity index (χ0n) is 12.1. The van der Waals surface area contributed by atoms with Crippen molar-refractivity contribution in [2.45, 2.75) is 6.92 Å². The van der Waals surface area contributed by atoms with Crippen LogP contribution in [0.3, 0.4) is 0 Å². The van der Waals surface area contributed by atoms with Crippen LogP contribution in [0.2, 0.25) is 0 Å². The van der Waals surface area contributed by atoms with E-state index in [1.807, 2.05) is 31.2 Å². The number of ether oxygens (including phenoxy) is 1. The minimum atomic E-state index is -0.150. The molecule has 0 unspecified atom stereocenters. The van der Waals surface area contributed by atoms with E-state index >= 15 is 0 Å². The second kappa shape index (κ2) is 7.19. The number of hydrogen-bond donors (Lipinski definition) is 1. The second-order valence-corrected chi connectivity index (χ2v) is 5.23. The third kappa shape index (κ3) is 3.59. The number of methoxy groups -OCH3 is 1. The summed E-state index contributed by atoms with van der Waals surface area (Å²) < 4.78 is 5.12. The zero-order valence-corrected chi connectivity index (χ0v) is 12.9. The van der Waals surface area contributed by atoms with Crippen molar-refractivity contribution < 1.29 is 14.6 Å². The highest BCUT2D eigenvalue weighted by Crippen LogP contribution is 2.26. The van der Waals surface area contributed by atoms with Crippen LogP contribution in [0.5, 0.6) is 5.75 Å². The predicted octanol–water partition coefficient (Wildman–Crippen LogP) is 2.27. The van der Waals surface area contributed by atoms with Crippen molar-refractivity contribution in [1.29, 1.82) is 0 Å². The number of hydrogen-bond acceptors (Lipinski definition) is 5. The van der Waals surface area contributed by atoms with E-state index < -0.39 is 0 Å². The summed E-state index contributed by atoms with van der Waals surface area (Å²) in [7, 11) is 1.62. The number of aromatic nitrogens is 1. The molecule has 1 aromatic carbocycles. The van der Waals surface area contributed by atoms with Crippen molar-refractivity contribution >= 4 is 17.2 Å². The first-order valence-corrected chi connectivity index (χ1v) is 7.57. The number of aliphatic hydroxyl groups is 1. The van der Waals surface area contributed by atoms with Crippen molar-refractivity contribution in [3.05, 3.63) is 35.3 Å². The molecule has 0 saturated heterocycles. The minimum absolute atomic E-state index is 0.0466. The largest absolute Gasteiger partial charge is 0.497 e. The zero-order chi connectivity index (χ0) is 15.2. The topological polar surface area (TPSA) is 62.7 Å². The van der Waals surface area contributed by atoms with Crippen LogP contribution in [-0.2, 0) is 0 Å². The molecule has 0 aliphatic rings. The van der Waals surface area contributed by atoms with E-state index in [4.69, 9.17) is 9.84 Å². The van der Waals surface area contributed by atoms with Gasteiger partial charge in [0, 0.05) is 24.0 Å². The molecular formula is C15H18N2O3S. The molecule has 6 heteroatoms. The SMILES string of the molecule is CCN(CCO)C(=O)c1csc(-c2ccc(OC)cc2)n1. The van der Waals surface area contributed by atoms with E-state index in [-0.39, 0.29) is 12.5 Å². The van der Waals surface area contributed by atoms with Crippen LogP contribution < -0.4 is 4.74 Å². The van der Waals surface area contributed by atoms with Gasteiger partial charge in [0.15, 0.2) is 0 Å². The van der Waals surface area contributed by atoms with Crippen molar-refractivity contribution in [3.63, 3.8) is 0 Å². The fourth-order valence-electron chi connectivity index (χ4n) is 1.92. The molecule has 0 spiro atoms. The van der Waals surface area contributed by atoms with Crippen LogP contribution >= 0.6 is 11.3 Å². The summed E-state index contributed by atoms with van der Waals surface area (Å²) in [5.74, 6) is 0.634. The number of thiazole rings is 1. The van der Waals surface area contributed by atoms with Crippen molar-refractivity contribution in [3.8, 4) is 16.3 Å². The van der Waals surface area contributed by atoms with Crippen molar-refractivity contribution in [1.82, 2.24) is 9.88 Å². The Balaban J connectivity index is 2.18.